The molecule has 1 heterocycles. The van der Waals surface area contributed by atoms with Crippen LogP contribution in [0, 0.1) is 9.39 Å². The number of carbonyl (C=O) groups excluding carboxylic acids is 1. The van der Waals surface area contributed by atoms with E-state index in [9.17, 15) is 9.18 Å². The Morgan fingerprint density at radius 1 is 1.50 bits per heavy atom. The van der Waals surface area contributed by atoms with E-state index in [4.69, 9.17) is 0 Å². The summed E-state index contributed by atoms with van der Waals surface area (Å²) in [5, 5.41) is 6.08. The molecule has 0 radical (unpaired) electrons. The zero-order valence-corrected chi connectivity index (χ0v) is 12.0. The van der Waals surface area contributed by atoms with Crippen LogP contribution in [0.5, 0.6) is 0 Å². The van der Waals surface area contributed by atoms with E-state index < -0.39 is 0 Å². The third-order valence-electron chi connectivity index (χ3n) is 2.81. The summed E-state index contributed by atoms with van der Waals surface area (Å²) >= 11 is 1.97. The monoisotopic (exact) mass is 360 g/mol. The Labute approximate surface area is 119 Å². The number of rotatable bonds is 3. The maximum Gasteiger partial charge on any atom is 0.252 e. The second-order valence-corrected chi connectivity index (χ2v) is 5.29. The van der Waals surface area contributed by atoms with Crippen molar-refractivity contribution in [1.29, 1.82) is 0 Å². The van der Waals surface area contributed by atoms with E-state index >= 15 is 0 Å². The van der Waals surface area contributed by atoms with Crippen molar-refractivity contribution in [3.05, 3.63) is 44.8 Å². The highest BCUT2D eigenvalue weighted by Crippen LogP contribution is 2.14. The van der Waals surface area contributed by atoms with Gasteiger partial charge in [-0.15, -0.1) is 0 Å². The van der Waals surface area contributed by atoms with E-state index in [2.05, 4.69) is 16.7 Å². The van der Waals surface area contributed by atoms with Crippen LogP contribution in [0.1, 0.15) is 16.8 Å². The van der Waals surface area contributed by atoms with Gasteiger partial charge >= 0.3 is 0 Å². The summed E-state index contributed by atoms with van der Waals surface area (Å²) in [7, 11) is 0. The Morgan fingerprint density at radius 3 is 3.00 bits per heavy atom. The van der Waals surface area contributed by atoms with Gasteiger partial charge in [0.15, 0.2) is 0 Å². The standard InChI is InChI=1S/C13H14FIN2O/c14-10-1-2-11(12(15)7-10)13(18)17-8-9-3-5-16-6-4-9/h1-3,7,16H,4-6,8H2,(H,17,18). The highest BCUT2D eigenvalue weighted by Gasteiger charge is 2.11. The Bertz CT molecular complexity index is 488. The largest absolute Gasteiger partial charge is 0.348 e. The first-order valence-corrected chi connectivity index (χ1v) is 6.86. The molecular weight excluding hydrogens is 346 g/mol. The summed E-state index contributed by atoms with van der Waals surface area (Å²) in [4.78, 5) is 11.9. The molecule has 0 fully saturated rings. The molecule has 2 rings (SSSR count). The molecule has 1 aliphatic rings. The van der Waals surface area contributed by atoms with Crippen LogP contribution in [-0.2, 0) is 0 Å². The molecule has 1 aliphatic heterocycles. The van der Waals surface area contributed by atoms with E-state index in [0.717, 1.165) is 19.5 Å². The molecule has 5 heteroatoms. The van der Waals surface area contributed by atoms with Gasteiger partial charge in [0, 0.05) is 16.7 Å². The molecule has 0 unspecified atom stereocenters. The molecule has 18 heavy (non-hydrogen) atoms. The first kappa shape index (κ1) is 13.5. The fourth-order valence-corrected chi connectivity index (χ4v) is 2.52. The maximum atomic E-state index is 12.9. The molecule has 1 aromatic rings. The molecule has 0 saturated heterocycles. The number of carbonyl (C=O) groups is 1. The van der Waals surface area contributed by atoms with Gasteiger partial charge in [-0.25, -0.2) is 4.39 Å². The number of amides is 1. The highest BCUT2D eigenvalue weighted by molar-refractivity contribution is 14.1. The predicted molar refractivity (Wildman–Crippen MR) is 77.0 cm³/mol. The van der Waals surface area contributed by atoms with E-state index in [0.29, 0.717) is 15.7 Å². The van der Waals surface area contributed by atoms with Crippen LogP contribution < -0.4 is 10.6 Å². The first-order valence-electron chi connectivity index (χ1n) is 5.78. The lowest BCUT2D eigenvalue weighted by molar-refractivity contribution is 0.0955. The summed E-state index contributed by atoms with van der Waals surface area (Å²) in [6.45, 7) is 2.38. The van der Waals surface area contributed by atoms with Gasteiger partial charge in [0.05, 0.1) is 5.56 Å². The summed E-state index contributed by atoms with van der Waals surface area (Å²) in [5.74, 6) is -0.476. The Kier molecular flexibility index (Phi) is 4.71. The maximum absolute atomic E-state index is 12.9. The number of hydrogen-bond acceptors (Lipinski definition) is 2. The van der Waals surface area contributed by atoms with Gasteiger partial charge in [-0.3, -0.25) is 4.79 Å². The summed E-state index contributed by atoms with van der Waals surface area (Å²) in [6.07, 6.45) is 3.06. The van der Waals surface area contributed by atoms with E-state index in [1.54, 1.807) is 0 Å². The molecule has 96 valence electrons. The van der Waals surface area contributed by atoms with Crippen molar-refractivity contribution in [3.63, 3.8) is 0 Å². The van der Waals surface area contributed by atoms with Crippen LogP contribution in [0.3, 0.4) is 0 Å². The lowest BCUT2D eigenvalue weighted by Gasteiger charge is -2.14. The molecule has 0 bridgehead atoms. The number of hydrogen-bond donors (Lipinski definition) is 2. The molecule has 2 N–H and O–H groups in total. The van der Waals surface area contributed by atoms with Crippen molar-refractivity contribution in [1.82, 2.24) is 10.6 Å². The summed E-state index contributed by atoms with van der Waals surface area (Å²) in [6, 6.07) is 4.18. The van der Waals surface area contributed by atoms with Gasteiger partial charge < -0.3 is 10.6 Å². The lowest BCUT2D eigenvalue weighted by atomic mass is 10.1. The number of halogens is 2. The number of benzene rings is 1. The van der Waals surface area contributed by atoms with Crippen LogP contribution in [0.25, 0.3) is 0 Å². The fraction of sp³-hybridized carbons (Fsp3) is 0.308. The molecule has 0 aliphatic carbocycles. The van der Waals surface area contributed by atoms with E-state index in [1.165, 1.54) is 23.8 Å². The van der Waals surface area contributed by atoms with Crippen molar-refractivity contribution < 1.29 is 9.18 Å². The van der Waals surface area contributed by atoms with Crippen LogP contribution in [0.15, 0.2) is 29.8 Å². The van der Waals surface area contributed by atoms with Crippen LogP contribution in [-0.4, -0.2) is 25.5 Å². The Hall–Kier alpha value is -0.950. The third-order valence-corrected chi connectivity index (χ3v) is 3.70. The topological polar surface area (TPSA) is 41.1 Å². The van der Waals surface area contributed by atoms with Crippen molar-refractivity contribution in [3.8, 4) is 0 Å². The minimum atomic E-state index is -0.322. The Balaban J connectivity index is 1.97. The normalized spacial score (nSPS) is 15.1. The number of nitrogens with one attached hydrogen (secondary N) is 2. The van der Waals surface area contributed by atoms with Gasteiger partial charge in [0.25, 0.3) is 5.91 Å². The van der Waals surface area contributed by atoms with Gasteiger partial charge in [-0.2, -0.15) is 0 Å². The molecule has 0 atom stereocenters. The van der Waals surface area contributed by atoms with Crippen LogP contribution in [0.4, 0.5) is 4.39 Å². The van der Waals surface area contributed by atoms with Gasteiger partial charge in [0.1, 0.15) is 5.82 Å². The van der Waals surface area contributed by atoms with Crippen LogP contribution in [0.2, 0.25) is 0 Å². The molecule has 0 saturated carbocycles. The molecule has 1 aromatic carbocycles. The van der Waals surface area contributed by atoms with Crippen molar-refractivity contribution >= 4 is 28.5 Å². The van der Waals surface area contributed by atoms with Gasteiger partial charge in [-0.1, -0.05) is 11.6 Å². The average Bonchev–Trinajstić information content (AvgIpc) is 2.37. The predicted octanol–water partition coefficient (Wildman–Crippen LogP) is 2.08. The molecule has 0 aromatic heterocycles. The van der Waals surface area contributed by atoms with Crippen molar-refractivity contribution in [2.45, 2.75) is 6.42 Å². The quantitative estimate of drug-likeness (QED) is 0.640. The SMILES string of the molecule is O=C(NCC1=CCNCC1)c1ccc(F)cc1I. The fourth-order valence-electron chi connectivity index (χ4n) is 1.79. The zero-order valence-electron chi connectivity index (χ0n) is 9.80. The van der Waals surface area contributed by atoms with Crippen molar-refractivity contribution in [2.24, 2.45) is 0 Å². The van der Waals surface area contributed by atoms with Gasteiger partial charge in [0.2, 0.25) is 0 Å². The molecular formula is C13H14FIN2O. The molecule has 1 amide bonds. The summed E-state index contributed by atoms with van der Waals surface area (Å²) < 4.78 is 13.6. The van der Waals surface area contributed by atoms with Crippen molar-refractivity contribution in [2.75, 3.05) is 19.6 Å². The minimum absolute atomic E-state index is 0.154. The third kappa shape index (κ3) is 3.52. The van der Waals surface area contributed by atoms with E-state index in [1.807, 2.05) is 22.6 Å². The smallest absolute Gasteiger partial charge is 0.252 e. The second kappa shape index (κ2) is 6.29. The lowest BCUT2D eigenvalue weighted by Crippen LogP contribution is -2.30. The first-order chi connectivity index (χ1) is 8.66. The van der Waals surface area contributed by atoms with E-state index in [-0.39, 0.29) is 11.7 Å². The zero-order chi connectivity index (χ0) is 13.0. The second-order valence-electron chi connectivity index (χ2n) is 4.12. The highest BCUT2D eigenvalue weighted by atomic mass is 127. The van der Waals surface area contributed by atoms with Crippen LogP contribution >= 0.6 is 22.6 Å². The molecule has 0 spiro atoms. The molecule has 3 nitrogen and oxygen atoms in total. The summed E-state index contributed by atoms with van der Waals surface area (Å²) in [5.41, 5.74) is 1.76. The average molecular weight is 360 g/mol. The minimum Gasteiger partial charge on any atom is -0.348 e. The van der Waals surface area contributed by atoms with Gasteiger partial charge in [-0.05, 0) is 53.8 Å². The Morgan fingerprint density at radius 2 is 2.33 bits per heavy atom.